The second-order valence-corrected chi connectivity index (χ2v) is 6.41. The zero-order valence-corrected chi connectivity index (χ0v) is 12.3. The van der Waals surface area contributed by atoms with Gasteiger partial charge in [0.05, 0.1) is 6.54 Å². The van der Waals surface area contributed by atoms with E-state index in [9.17, 15) is 4.79 Å². The third-order valence-corrected chi connectivity index (χ3v) is 4.78. The lowest BCUT2D eigenvalue weighted by atomic mass is 9.82. The Labute approximate surface area is 116 Å². The fourth-order valence-electron chi connectivity index (χ4n) is 3.61. The predicted molar refractivity (Wildman–Crippen MR) is 76.2 cm³/mol. The van der Waals surface area contributed by atoms with Gasteiger partial charge in [-0.05, 0) is 38.1 Å². The molecule has 19 heavy (non-hydrogen) atoms. The Kier molecular flexibility index (Phi) is 5.22. The summed E-state index contributed by atoms with van der Waals surface area (Å²) in [6, 6.07) is 1.78. The lowest BCUT2D eigenvalue weighted by molar-refractivity contribution is -0.139. The number of hydrogen-bond donors (Lipinski definition) is 2. The van der Waals surface area contributed by atoms with Crippen molar-refractivity contribution < 1.29 is 9.90 Å². The fourth-order valence-corrected chi connectivity index (χ4v) is 3.61. The van der Waals surface area contributed by atoms with E-state index in [1.54, 1.807) is 0 Å². The molecule has 2 aliphatic rings. The van der Waals surface area contributed by atoms with Crippen molar-refractivity contribution >= 4 is 5.97 Å². The Balaban J connectivity index is 1.69. The first-order valence-corrected chi connectivity index (χ1v) is 7.80. The maximum atomic E-state index is 10.8. The van der Waals surface area contributed by atoms with E-state index in [0.717, 1.165) is 25.3 Å². The maximum Gasteiger partial charge on any atom is 0.317 e. The first-order valence-electron chi connectivity index (χ1n) is 7.80. The van der Waals surface area contributed by atoms with Gasteiger partial charge in [0.25, 0.3) is 0 Å². The summed E-state index contributed by atoms with van der Waals surface area (Å²) in [6.07, 6.45) is 7.60. The Morgan fingerprint density at radius 3 is 2.58 bits per heavy atom. The minimum atomic E-state index is -0.709. The number of carboxylic acid groups (broad SMARTS) is 1. The summed E-state index contributed by atoms with van der Waals surface area (Å²) in [5.74, 6) is 0.153. The fraction of sp³-hybridized carbons (Fsp3) is 0.933. The van der Waals surface area contributed by atoms with Crippen molar-refractivity contribution in [3.8, 4) is 0 Å². The highest BCUT2D eigenvalue weighted by Gasteiger charge is 2.35. The topological polar surface area (TPSA) is 52.6 Å². The summed E-state index contributed by atoms with van der Waals surface area (Å²) in [5.41, 5.74) is 0. The smallest absolute Gasteiger partial charge is 0.317 e. The second kappa shape index (κ2) is 6.71. The first-order chi connectivity index (χ1) is 9.08. The van der Waals surface area contributed by atoms with E-state index in [0.29, 0.717) is 18.1 Å². The van der Waals surface area contributed by atoms with Crippen LogP contribution in [0.25, 0.3) is 0 Å². The molecular formula is C15H28N2O2. The molecule has 0 bridgehead atoms. The number of carbonyl (C=O) groups is 1. The van der Waals surface area contributed by atoms with Crippen molar-refractivity contribution in [3.05, 3.63) is 0 Å². The average molecular weight is 268 g/mol. The lowest BCUT2D eigenvalue weighted by Gasteiger charge is -2.44. The highest BCUT2D eigenvalue weighted by Crippen LogP contribution is 2.29. The third kappa shape index (κ3) is 4.18. The van der Waals surface area contributed by atoms with Gasteiger partial charge in [0.1, 0.15) is 0 Å². The number of rotatable bonds is 6. The van der Waals surface area contributed by atoms with Crippen molar-refractivity contribution in [1.82, 2.24) is 10.2 Å². The Bertz CT molecular complexity index is 303. The van der Waals surface area contributed by atoms with E-state index >= 15 is 0 Å². The summed E-state index contributed by atoms with van der Waals surface area (Å²) >= 11 is 0. The average Bonchev–Trinajstić information content (AvgIpc) is 2.30. The van der Waals surface area contributed by atoms with Gasteiger partial charge in [-0.3, -0.25) is 9.69 Å². The molecule has 110 valence electrons. The number of nitrogens with zero attached hydrogens (tertiary/aromatic N) is 1. The predicted octanol–water partition coefficient (Wildman–Crippen LogP) is 2.09. The molecule has 2 fully saturated rings. The Morgan fingerprint density at radius 2 is 2.00 bits per heavy atom. The van der Waals surface area contributed by atoms with E-state index in [-0.39, 0.29) is 6.54 Å². The molecule has 4 nitrogen and oxygen atoms in total. The van der Waals surface area contributed by atoms with Gasteiger partial charge in [-0.1, -0.05) is 26.7 Å². The summed E-state index contributed by atoms with van der Waals surface area (Å²) in [6.45, 7) is 5.42. The van der Waals surface area contributed by atoms with Crippen LogP contribution < -0.4 is 5.32 Å². The van der Waals surface area contributed by atoms with Crippen molar-refractivity contribution in [2.45, 2.75) is 70.5 Å². The van der Waals surface area contributed by atoms with Crippen molar-refractivity contribution in [3.63, 3.8) is 0 Å². The standard InChI is InChI=1S/C15H28N2O2/c1-3-17(10-15(18)19)14-8-13(9-14)16-12-6-4-5-11(2)7-12/h11-14,16H,3-10H2,1-2H3,(H,18,19). The van der Waals surface area contributed by atoms with Crippen LogP contribution in [-0.2, 0) is 4.79 Å². The number of carboxylic acids is 1. The minimum absolute atomic E-state index is 0.189. The molecule has 2 unspecified atom stereocenters. The van der Waals surface area contributed by atoms with Gasteiger partial charge in [0.15, 0.2) is 0 Å². The normalized spacial score (nSPS) is 35.1. The molecule has 0 saturated heterocycles. The molecule has 2 rings (SSSR count). The molecule has 0 amide bonds. The monoisotopic (exact) mass is 268 g/mol. The molecule has 2 atom stereocenters. The molecule has 0 aromatic rings. The molecule has 0 aromatic heterocycles. The van der Waals surface area contributed by atoms with Crippen LogP contribution in [0.2, 0.25) is 0 Å². The van der Waals surface area contributed by atoms with Gasteiger partial charge in [0.2, 0.25) is 0 Å². The SMILES string of the molecule is CCN(CC(=O)O)C1CC(NC2CCCC(C)C2)C1. The summed E-state index contributed by atoms with van der Waals surface area (Å²) in [4.78, 5) is 12.9. The largest absolute Gasteiger partial charge is 0.480 e. The van der Waals surface area contributed by atoms with E-state index in [2.05, 4.69) is 17.1 Å². The van der Waals surface area contributed by atoms with E-state index < -0.39 is 5.97 Å². The summed E-state index contributed by atoms with van der Waals surface area (Å²) in [5, 5.41) is 12.7. The van der Waals surface area contributed by atoms with Crippen molar-refractivity contribution in [2.75, 3.05) is 13.1 Å². The van der Waals surface area contributed by atoms with Gasteiger partial charge >= 0.3 is 5.97 Å². The molecule has 4 heteroatoms. The Morgan fingerprint density at radius 1 is 1.26 bits per heavy atom. The summed E-state index contributed by atoms with van der Waals surface area (Å²) in [7, 11) is 0. The lowest BCUT2D eigenvalue weighted by Crippen LogP contribution is -2.56. The Hall–Kier alpha value is -0.610. The highest BCUT2D eigenvalue weighted by atomic mass is 16.4. The second-order valence-electron chi connectivity index (χ2n) is 6.41. The van der Waals surface area contributed by atoms with Crippen LogP contribution in [0, 0.1) is 5.92 Å². The van der Waals surface area contributed by atoms with Crippen LogP contribution in [0.3, 0.4) is 0 Å². The number of likely N-dealkylation sites (N-methyl/N-ethyl adjacent to an activating group) is 1. The van der Waals surface area contributed by atoms with E-state index in [4.69, 9.17) is 5.11 Å². The van der Waals surface area contributed by atoms with Gasteiger partial charge in [-0.25, -0.2) is 0 Å². The van der Waals surface area contributed by atoms with Gasteiger partial charge in [-0.2, -0.15) is 0 Å². The van der Waals surface area contributed by atoms with Gasteiger partial charge in [-0.15, -0.1) is 0 Å². The first kappa shape index (κ1) is 14.8. The molecule has 2 saturated carbocycles. The number of nitrogens with one attached hydrogen (secondary N) is 1. The zero-order chi connectivity index (χ0) is 13.8. The maximum absolute atomic E-state index is 10.8. The van der Waals surface area contributed by atoms with E-state index in [1.165, 1.54) is 25.7 Å². The van der Waals surface area contributed by atoms with Crippen LogP contribution in [0.5, 0.6) is 0 Å². The molecule has 0 radical (unpaired) electrons. The highest BCUT2D eigenvalue weighted by molar-refractivity contribution is 5.69. The quantitative estimate of drug-likeness (QED) is 0.774. The van der Waals surface area contributed by atoms with Crippen molar-refractivity contribution in [1.29, 1.82) is 0 Å². The summed E-state index contributed by atoms with van der Waals surface area (Å²) < 4.78 is 0. The van der Waals surface area contributed by atoms with E-state index in [1.807, 2.05) is 6.92 Å². The molecule has 2 N–H and O–H groups in total. The number of aliphatic carboxylic acids is 1. The molecule has 2 aliphatic carbocycles. The van der Waals surface area contributed by atoms with Crippen LogP contribution in [-0.4, -0.2) is 47.2 Å². The van der Waals surface area contributed by atoms with Gasteiger partial charge < -0.3 is 10.4 Å². The molecule has 0 aliphatic heterocycles. The van der Waals surface area contributed by atoms with Crippen LogP contribution in [0.15, 0.2) is 0 Å². The van der Waals surface area contributed by atoms with Gasteiger partial charge in [0, 0.05) is 18.1 Å². The van der Waals surface area contributed by atoms with Crippen molar-refractivity contribution in [2.24, 2.45) is 5.92 Å². The zero-order valence-electron chi connectivity index (χ0n) is 12.3. The van der Waals surface area contributed by atoms with Crippen LogP contribution in [0.4, 0.5) is 0 Å². The molecule has 0 aromatic carbocycles. The molecular weight excluding hydrogens is 240 g/mol. The van der Waals surface area contributed by atoms with Crippen LogP contribution >= 0.6 is 0 Å². The molecule has 0 spiro atoms. The minimum Gasteiger partial charge on any atom is -0.480 e. The van der Waals surface area contributed by atoms with Crippen LogP contribution in [0.1, 0.15) is 52.4 Å². The number of hydrogen-bond acceptors (Lipinski definition) is 3. The third-order valence-electron chi connectivity index (χ3n) is 4.78. The molecule has 0 heterocycles.